The lowest BCUT2D eigenvalue weighted by Crippen LogP contribution is -2.28. The van der Waals surface area contributed by atoms with Crippen molar-refractivity contribution in [1.82, 2.24) is 5.16 Å². The van der Waals surface area contributed by atoms with Crippen LogP contribution >= 0.6 is 11.6 Å². The van der Waals surface area contributed by atoms with Crippen molar-refractivity contribution in [2.24, 2.45) is 0 Å². The molecule has 1 aliphatic rings. The molecule has 1 aromatic heterocycles. The number of nitrogens with one attached hydrogen (secondary N) is 1. The Kier molecular flexibility index (Phi) is 4.17. The second kappa shape index (κ2) is 6.50. The average molecular weight is 369 g/mol. The minimum Gasteiger partial charge on any atom is -0.497 e. The van der Waals surface area contributed by atoms with Gasteiger partial charge in [-0.15, -0.1) is 0 Å². The van der Waals surface area contributed by atoms with Crippen LogP contribution in [0.15, 0.2) is 59.1 Å². The topological polar surface area (TPSA) is 64.4 Å². The van der Waals surface area contributed by atoms with Gasteiger partial charge in [0.15, 0.2) is 5.76 Å². The number of carbonyl (C=O) groups is 1. The zero-order valence-corrected chi connectivity index (χ0v) is 14.9. The molecule has 1 amide bonds. The van der Waals surface area contributed by atoms with Crippen LogP contribution in [0.1, 0.15) is 18.5 Å². The monoisotopic (exact) mass is 368 g/mol. The molecular formula is C20H17ClN2O3. The Morgan fingerprint density at radius 1 is 1.19 bits per heavy atom. The Balaban J connectivity index is 1.55. The van der Waals surface area contributed by atoms with Gasteiger partial charge in [-0.1, -0.05) is 22.8 Å². The maximum atomic E-state index is 12.8. The number of nitrogens with zero attached hydrogens (tertiary/aromatic N) is 1. The third kappa shape index (κ3) is 3.06. The molecule has 0 atom stereocenters. The Morgan fingerprint density at radius 2 is 1.96 bits per heavy atom. The molecule has 0 unspecified atom stereocenters. The lowest BCUT2D eigenvalue weighted by molar-refractivity contribution is -0.118. The lowest BCUT2D eigenvalue weighted by atomic mass is 10.00. The molecule has 6 heteroatoms. The number of methoxy groups -OCH3 is 1. The molecule has 1 heterocycles. The molecule has 0 aliphatic heterocycles. The number of halogens is 1. The van der Waals surface area contributed by atoms with Crippen LogP contribution in [-0.2, 0) is 10.2 Å². The van der Waals surface area contributed by atoms with Crippen LogP contribution in [-0.4, -0.2) is 18.2 Å². The van der Waals surface area contributed by atoms with Gasteiger partial charge in [0.1, 0.15) is 5.75 Å². The normalized spacial score (nSPS) is 14.7. The summed E-state index contributed by atoms with van der Waals surface area (Å²) >= 11 is 5.92. The molecular weight excluding hydrogens is 352 g/mol. The number of amides is 1. The van der Waals surface area contributed by atoms with Crippen molar-refractivity contribution < 1.29 is 14.1 Å². The molecule has 1 saturated carbocycles. The van der Waals surface area contributed by atoms with Gasteiger partial charge in [-0.05, 0) is 49.2 Å². The number of aromatic nitrogens is 1. The van der Waals surface area contributed by atoms with Crippen LogP contribution in [0.4, 0.5) is 5.69 Å². The van der Waals surface area contributed by atoms with Gasteiger partial charge in [-0.25, -0.2) is 0 Å². The molecule has 0 spiro atoms. The van der Waals surface area contributed by atoms with Crippen LogP contribution in [0.3, 0.4) is 0 Å². The summed E-state index contributed by atoms with van der Waals surface area (Å²) in [5, 5.41) is 7.77. The molecule has 1 aliphatic carbocycles. The Labute approximate surface area is 155 Å². The van der Waals surface area contributed by atoms with Crippen molar-refractivity contribution in [3.8, 4) is 17.1 Å². The van der Waals surface area contributed by atoms with E-state index >= 15 is 0 Å². The number of anilines is 1. The van der Waals surface area contributed by atoms with Crippen molar-refractivity contribution in [3.63, 3.8) is 0 Å². The van der Waals surface area contributed by atoms with Crippen molar-refractivity contribution in [2.45, 2.75) is 18.3 Å². The zero-order valence-electron chi connectivity index (χ0n) is 14.2. The van der Waals surface area contributed by atoms with Crippen molar-refractivity contribution in [2.75, 3.05) is 12.4 Å². The molecule has 0 saturated heterocycles. The third-order valence-corrected chi connectivity index (χ3v) is 4.89. The highest BCUT2D eigenvalue weighted by Crippen LogP contribution is 2.49. The van der Waals surface area contributed by atoms with E-state index in [1.807, 2.05) is 36.4 Å². The highest BCUT2D eigenvalue weighted by atomic mass is 35.5. The van der Waals surface area contributed by atoms with Gasteiger partial charge < -0.3 is 14.6 Å². The molecule has 5 nitrogen and oxygen atoms in total. The molecule has 2 aromatic carbocycles. The molecule has 26 heavy (non-hydrogen) atoms. The van der Waals surface area contributed by atoms with Gasteiger partial charge in [-0.3, -0.25) is 4.79 Å². The van der Waals surface area contributed by atoms with E-state index in [0.29, 0.717) is 27.9 Å². The summed E-state index contributed by atoms with van der Waals surface area (Å²) in [6, 6.07) is 16.4. The summed E-state index contributed by atoms with van der Waals surface area (Å²) in [6.45, 7) is 0. The van der Waals surface area contributed by atoms with Gasteiger partial charge in [0.05, 0.1) is 18.2 Å². The minimum absolute atomic E-state index is 0.0818. The van der Waals surface area contributed by atoms with Crippen LogP contribution < -0.4 is 10.1 Å². The molecule has 132 valence electrons. The van der Waals surface area contributed by atoms with E-state index in [1.54, 1.807) is 25.3 Å². The first-order valence-electron chi connectivity index (χ1n) is 8.29. The second-order valence-corrected chi connectivity index (χ2v) is 6.79. The number of rotatable bonds is 5. The van der Waals surface area contributed by atoms with Crippen LogP contribution in [0, 0.1) is 0 Å². The fourth-order valence-corrected chi connectivity index (χ4v) is 3.05. The summed E-state index contributed by atoms with van der Waals surface area (Å²) in [7, 11) is 1.59. The first-order chi connectivity index (χ1) is 12.6. The summed E-state index contributed by atoms with van der Waals surface area (Å²) in [6.07, 6.45) is 1.49. The van der Waals surface area contributed by atoms with E-state index in [1.165, 1.54) is 0 Å². The predicted molar refractivity (Wildman–Crippen MR) is 99.5 cm³/mol. The quantitative estimate of drug-likeness (QED) is 0.710. The van der Waals surface area contributed by atoms with Crippen molar-refractivity contribution >= 4 is 23.2 Å². The number of hydrogen-bond acceptors (Lipinski definition) is 4. The lowest BCUT2D eigenvalue weighted by Gasteiger charge is -2.13. The Morgan fingerprint density at radius 3 is 2.65 bits per heavy atom. The molecule has 1 fully saturated rings. The van der Waals surface area contributed by atoms with Crippen LogP contribution in [0.5, 0.6) is 5.75 Å². The van der Waals surface area contributed by atoms with Gasteiger partial charge in [-0.2, -0.15) is 0 Å². The number of benzene rings is 2. The first kappa shape index (κ1) is 16.7. The Hall–Kier alpha value is -2.79. The SMILES string of the molecule is COc1cccc(NC(=O)C2(c3cc(-c4ccc(Cl)cc4)on3)CC2)c1. The number of carbonyl (C=O) groups excluding carboxylic acids is 1. The number of ether oxygens (including phenoxy) is 1. The number of hydrogen-bond donors (Lipinski definition) is 1. The van der Waals surface area contributed by atoms with E-state index < -0.39 is 5.41 Å². The Bertz CT molecular complexity index is 946. The van der Waals surface area contributed by atoms with E-state index in [0.717, 1.165) is 18.4 Å². The van der Waals surface area contributed by atoms with Gasteiger partial charge >= 0.3 is 0 Å². The largest absolute Gasteiger partial charge is 0.497 e. The van der Waals surface area contributed by atoms with Crippen molar-refractivity contribution in [3.05, 3.63) is 65.3 Å². The zero-order chi connectivity index (χ0) is 18.1. The maximum absolute atomic E-state index is 12.8. The van der Waals surface area contributed by atoms with Gasteiger partial charge in [0.25, 0.3) is 0 Å². The van der Waals surface area contributed by atoms with Gasteiger partial charge in [0.2, 0.25) is 5.91 Å². The summed E-state index contributed by atoms with van der Waals surface area (Å²) in [5.41, 5.74) is 1.60. The molecule has 0 bridgehead atoms. The van der Waals surface area contributed by atoms with E-state index in [2.05, 4.69) is 10.5 Å². The standard InChI is InChI=1S/C20H17ClN2O3/c1-25-16-4-2-3-15(11-16)22-19(24)20(9-10-20)18-12-17(26-23-18)13-5-7-14(21)8-6-13/h2-8,11-12H,9-10H2,1H3,(H,22,24). The average Bonchev–Trinajstić information content (AvgIpc) is 3.33. The molecule has 0 radical (unpaired) electrons. The molecule has 1 N–H and O–H groups in total. The van der Waals surface area contributed by atoms with E-state index in [-0.39, 0.29) is 5.91 Å². The summed E-state index contributed by atoms with van der Waals surface area (Å²) in [4.78, 5) is 12.8. The predicted octanol–water partition coefficient (Wildman–Crippen LogP) is 4.67. The second-order valence-electron chi connectivity index (χ2n) is 6.35. The summed E-state index contributed by atoms with van der Waals surface area (Å²) < 4.78 is 10.7. The highest BCUT2D eigenvalue weighted by Gasteiger charge is 2.53. The fourth-order valence-electron chi connectivity index (χ4n) is 2.93. The van der Waals surface area contributed by atoms with E-state index in [4.69, 9.17) is 20.9 Å². The molecule has 4 rings (SSSR count). The van der Waals surface area contributed by atoms with Crippen LogP contribution in [0.25, 0.3) is 11.3 Å². The minimum atomic E-state index is -0.628. The highest BCUT2D eigenvalue weighted by molar-refractivity contribution is 6.30. The fraction of sp³-hybridized carbons (Fsp3) is 0.200. The van der Waals surface area contributed by atoms with Gasteiger partial charge in [0, 0.05) is 28.4 Å². The maximum Gasteiger partial charge on any atom is 0.236 e. The molecule has 3 aromatic rings. The van der Waals surface area contributed by atoms with Crippen LogP contribution in [0.2, 0.25) is 5.02 Å². The first-order valence-corrected chi connectivity index (χ1v) is 8.67. The third-order valence-electron chi connectivity index (χ3n) is 4.64. The van der Waals surface area contributed by atoms with Crippen molar-refractivity contribution in [1.29, 1.82) is 0 Å². The smallest absolute Gasteiger partial charge is 0.236 e. The van der Waals surface area contributed by atoms with E-state index in [9.17, 15) is 4.79 Å². The summed E-state index contributed by atoms with van der Waals surface area (Å²) in [5.74, 6) is 1.23.